The molecule has 0 heterocycles. The molecule has 0 bridgehead atoms. The summed E-state index contributed by atoms with van der Waals surface area (Å²) in [5.41, 5.74) is 6.42. The van der Waals surface area contributed by atoms with Crippen LogP contribution in [0, 0.1) is 5.82 Å². The van der Waals surface area contributed by atoms with Gasteiger partial charge < -0.3 is 5.73 Å². The van der Waals surface area contributed by atoms with E-state index in [1.165, 1.54) is 6.07 Å². The predicted octanol–water partition coefficient (Wildman–Crippen LogP) is 3.39. The van der Waals surface area contributed by atoms with Crippen LogP contribution in [-0.2, 0) is 0 Å². The molecule has 2 N–H and O–H groups in total. The fourth-order valence-corrected chi connectivity index (χ4v) is 1.96. The van der Waals surface area contributed by atoms with E-state index >= 15 is 0 Å². The van der Waals surface area contributed by atoms with Crippen LogP contribution in [0.4, 0.5) is 4.39 Å². The lowest BCUT2D eigenvalue weighted by Crippen LogP contribution is -2.12. The van der Waals surface area contributed by atoms with Crippen molar-refractivity contribution in [1.29, 1.82) is 0 Å². The number of rotatable bonds is 3. The van der Waals surface area contributed by atoms with Gasteiger partial charge in [0.25, 0.3) is 0 Å². The van der Waals surface area contributed by atoms with Gasteiger partial charge in [0.05, 0.1) is 0 Å². The quantitative estimate of drug-likeness (QED) is 0.869. The highest BCUT2D eigenvalue weighted by molar-refractivity contribution is 9.10. The minimum Gasteiger partial charge on any atom is -0.324 e. The molecule has 1 atom stereocenters. The van der Waals surface area contributed by atoms with Crippen LogP contribution >= 0.6 is 15.9 Å². The van der Waals surface area contributed by atoms with Gasteiger partial charge in [-0.15, -0.1) is 0 Å². The zero-order valence-electron chi connectivity index (χ0n) is 7.56. The Bertz CT molecular complexity index is 268. The molecule has 1 aromatic carbocycles. The van der Waals surface area contributed by atoms with Gasteiger partial charge in [0.2, 0.25) is 0 Å². The van der Waals surface area contributed by atoms with E-state index in [4.69, 9.17) is 5.73 Å². The van der Waals surface area contributed by atoms with E-state index in [1.807, 2.05) is 13.0 Å². The molecule has 1 aromatic rings. The molecule has 1 rings (SSSR count). The second-order valence-corrected chi connectivity index (χ2v) is 3.88. The first-order valence-electron chi connectivity index (χ1n) is 4.36. The zero-order chi connectivity index (χ0) is 9.84. The Hall–Kier alpha value is -0.410. The van der Waals surface area contributed by atoms with Crippen molar-refractivity contribution < 1.29 is 4.39 Å². The summed E-state index contributed by atoms with van der Waals surface area (Å²) in [7, 11) is 0. The van der Waals surface area contributed by atoms with Gasteiger partial charge in [-0.2, -0.15) is 0 Å². The topological polar surface area (TPSA) is 26.0 Å². The van der Waals surface area contributed by atoms with Crippen LogP contribution in [0.3, 0.4) is 0 Å². The van der Waals surface area contributed by atoms with E-state index in [0.717, 1.165) is 17.3 Å². The SMILES string of the molecule is CCC[C@@H](N)c1c(F)cccc1Br. The Labute approximate surface area is 86.3 Å². The molecule has 0 radical (unpaired) electrons. The first-order chi connectivity index (χ1) is 6.16. The van der Waals surface area contributed by atoms with Gasteiger partial charge in [-0.05, 0) is 18.6 Å². The third-order valence-electron chi connectivity index (χ3n) is 1.97. The molecule has 0 unspecified atom stereocenters. The van der Waals surface area contributed by atoms with Crippen molar-refractivity contribution in [2.45, 2.75) is 25.8 Å². The Morgan fingerprint density at radius 3 is 2.77 bits per heavy atom. The molecule has 0 aliphatic rings. The third kappa shape index (κ3) is 2.51. The van der Waals surface area contributed by atoms with Gasteiger partial charge >= 0.3 is 0 Å². The summed E-state index contributed by atoms with van der Waals surface area (Å²) in [6.07, 6.45) is 1.77. The fourth-order valence-electron chi connectivity index (χ4n) is 1.32. The highest BCUT2D eigenvalue weighted by Crippen LogP contribution is 2.27. The average Bonchev–Trinajstić information content (AvgIpc) is 2.04. The van der Waals surface area contributed by atoms with Gasteiger partial charge in [0.1, 0.15) is 5.82 Å². The van der Waals surface area contributed by atoms with Crippen LogP contribution in [0.25, 0.3) is 0 Å². The molecule has 0 fully saturated rings. The fraction of sp³-hybridized carbons (Fsp3) is 0.400. The summed E-state index contributed by atoms with van der Waals surface area (Å²) < 4.78 is 14.1. The molecular weight excluding hydrogens is 233 g/mol. The second-order valence-electron chi connectivity index (χ2n) is 3.03. The largest absolute Gasteiger partial charge is 0.324 e. The standard InChI is InChI=1S/C10H13BrFN/c1-2-4-9(13)10-7(11)5-3-6-8(10)12/h3,5-6,9H,2,4,13H2,1H3/t9-/m1/s1. The van der Waals surface area contributed by atoms with E-state index in [1.54, 1.807) is 6.07 Å². The lowest BCUT2D eigenvalue weighted by atomic mass is 10.0. The lowest BCUT2D eigenvalue weighted by molar-refractivity contribution is 0.557. The summed E-state index contributed by atoms with van der Waals surface area (Å²) in [6, 6.07) is 4.71. The molecule has 0 aliphatic heterocycles. The second kappa shape index (κ2) is 4.72. The molecule has 0 saturated carbocycles. The molecule has 0 saturated heterocycles. The maximum Gasteiger partial charge on any atom is 0.129 e. The summed E-state index contributed by atoms with van der Waals surface area (Å²) in [5, 5.41) is 0. The Kier molecular flexibility index (Phi) is 3.88. The molecule has 0 spiro atoms. The van der Waals surface area contributed by atoms with E-state index in [-0.39, 0.29) is 11.9 Å². The van der Waals surface area contributed by atoms with Crippen LogP contribution < -0.4 is 5.73 Å². The van der Waals surface area contributed by atoms with Crippen LogP contribution in [0.15, 0.2) is 22.7 Å². The molecule has 0 aromatic heterocycles. The molecule has 3 heteroatoms. The normalized spacial score (nSPS) is 12.9. The van der Waals surface area contributed by atoms with Crippen LogP contribution in [0.5, 0.6) is 0 Å². The predicted molar refractivity (Wildman–Crippen MR) is 55.9 cm³/mol. The first-order valence-corrected chi connectivity index (χ1v) is 5.15. The van der Waals surface area contributed by atoms with Gasteiger partial charge in [-0.3, -0.25) is 0 Å². The van der Waals surface area contributed by atoms with Gasteiger partial charge in [-0.25, -0.2) is 4.39 Å². The average molecular weight is 246 g/mol. The molecule has 1 nitrogen and oxygen atoms in total. The Morgan fingerprint density at radius 2 is 2.23 bits per heavy atom. The van der Waals surface area contributed by atoms with Crippen LogP contribution in [0.2, 0.25) is 0 Å². The van der Waals surface area contributed by atoms with Crippen molar-refractivity contribution in [2.75, 3.05) is 0 Å². The van der Waals surface area contributed by atoms with E-state index < -0.39 is 0 Å². The van der Waals surface area contributed by atoms with Crippen molar-refractivity contribution in [3.63, 3.8) is 0 Å². The van der Waals surface area contributed by atoms with E-state index in [0.29, 0.717) is 5.56 Å². The van der Waals surface area contributed by atoms with Crippen LogP contribution in [0.1, 0.15) is 31.4 Å². The molecular formula is C10H13BrFN. The van der Waals surface area contributed by atoms with Crippen LogP contribution in [-0.4, -0.2) is 0 Å². The highest BCUT2D eigenvalue weighted by Gasteiger charge is 2.13. The number of benzene rings is 1. The first kappa shape index (κ1) is 10.7. The highest BCUT2D eigenvalue weighted by atomic mass is 79.9. The molecule has 72 valence electrons. The molecule has 13 heavy (non-hydrogen) atoms. The van der Waals surface area contributed by atoms with Crippen molar-refractivity contribution in [3.05, 3.63) is 34.1 Å². The van der Waals surface area contributed by atoms with Crippen molar-refractivity contribution in [3.8, 4) is 0 Å². The summed E-state index contributed by atoms with van der Waals surface area (Å²) in [5.74, 6) is -0.227. The monoisotopic (exact) mass is 245 g/mol. The lowest BCUT2D eigenvalue weighted by Gasteiger charge is -2.13. The number of hydrogen-bond acceptors (Lipinski definition) is 1. The number of nitrogens with two attached hydrogens (primary N) is 1. The Morgan fingerprint density at radius 1 is 1.54 bits per heavy atom. The zero-order valence-corrected chi connectivity index (χ0v) is 9.14. The minimum atomic E-state index is -0.227. The van der Waals surface area contributed by atoms with Gasteiger partial charge in [-0.1, -0.05) is 35.3 Å². The van der Waals surface area contributed by atoms with Gasteiger partial charge in [0.15, 0.2) is 0 Å². The number of hydrogen-bond donors (Lipinski definition) is 1. The maximum atomic E-state index is 13.3. The summed E-state index contributed by atoms with van der Waals surface area (Å²) >= 11 is 3.30. The van der Waals surface area contributed by atoms with Crippen molar-refractivity contribution in [1.82, 2.24) is 0 Å². The molecule has 0 amide bonds. The van der Waals surface area contributed by atoms with Crippen molar-refractivity contribution >= 4 is 15.9 Å². The maximum absolute atomic E-state index is 13.3. The third-order valence-corrected chi connectivity index (χ3v) is 2.66. The van der Waals surface area contributed by atoms with E-state index in [2.05, 4.69) is 15.9 Å². The number of halogens is 2. The summed E-state index contributed by atoms with van der Waals surface area (Å²) in [6.45, 7) is 2.04. The molecule has 0 aliphatic carbocycles. The van der Waals surface area contributed by atoms with Crippen molar-refractivity contribution in [2.24, 2.45) is 5.73 Å². The minimum absolute atomic E-state index is 0.208. The van der Waals surface area contributed by atoms with Gasteiger partial charge in [0, 0.05) is 16.1 Å². The van der Waals surface area contributed by atoms with E-state index in [9.17, 15) is 4.39 Å². The summed E-state index contributed by atoms with van der Waals surface area (Å²) in [4.78, 5) is 0. The Balaban J connectivity index is 2.98. The smallest absolute Gasteiger partial charge is 0.129 e.